The molecule has 28 heavy (non-hydrogen) atoms. The van der Waals surface area contributed by atoms with Crippen molar-refractivity contribution in [2.75, 3.05) is 0 Å². The van der Waals surface area contributed by atoms with E-state index < -0.39 is 11.8 Å². The fourth-order valence-electron chi connectivity index (χ4n) is 2.34. The molecule has 2 N–H and O–H groups in total. The number of hydrogen-bond donors (Lipinski definition) is 2. The molecule has 0 bridgehead atoms. The highest BCUT2D eigenvalue weighted by Crippen LogP contribution is 2.06. The molecule has 3 aromatic carbocycles. The fraction of sp³-hybridized carbons (Fsp3) is 0. The van der Waals surface area contributed by atoms with E-state index in [0.29, 0.717) is 11.1 Å². The van der Waals surface area contributed by atoms with Crippen LogP contribution in [0.2, 0.25) is 0 Å². The number of hydrazone groups is 2. The molecule has 0 heterocycles. The Morgan fingerprint density at radius 1 is 0.607 bits per heavy atom. The summed E-state index contributed by atoms with van der Waals surface area (Å²) in [5.41, 5.74) is 7.28. The van der Waals surface area contributed by atoms with E-state index in [2.05, 4.69) is 21.1 Å². The first-order valence-electron chi connectivity index (χ1n) is 8.59. The molecule has 0 fully saturated rings. The Kier molecular flexibility index (Phi) is 6.41. The molecule has 0 saturated heterocycles. The normalized spacial score (nSPS) is 10.9. The number of carbonyl (C=O) groups is 2. The second kappa shape index (κ2) is 9.59. The van der Waals surface area contributed by atoms with Crippen molar-refractivity contribution in [2.45, 2.75) is 0 Å². The van der Waals surface area contributed by atoms with E-state index >= 15 is 0 Å². The third kappa shape index (κ3) is 5.47. The fourth-order valence-corrected chi connectivity index (χ4v) is 2.34. The summed E-state index contributed by atoms with van der Waals surface area (Å²) in [6.45, 7) is 0. The Morgan fingerprint density at radius 2 is 1.04 bits per heavy atom. The van der Waals surface area contributed by atoms with Gasteiger partial charge < -0.3 is 0 Å². The van der Waals surface area contributed by atoms with Crippen molar-refractivity contribution in [3.05, 3.63) is 107 Å². The van der Waals surface area contributed by atoms with Crippen molar-refractivity contribution < 1.29 is 9.59 Å². The van der Waals surface area contributed by atoms with E-state index in [4.69, 9.17) is 0 Å². The molecule has 3 aromatic rings. The van der Waals surface area contributed by atoms with Crippen LogP contribution in [0, 0.1) is 0 Å². The molecule has 0 atom stereocenters. The van der Waals surface area contributed by atoms with E-state index in [0.717, 1.165) is 11.1 Å². The van der Waals surface area contributed by atoms with Gasteiger partial charge in [0.15, 0.2) is 0 Å². The van der Waals surface area contributed by atoms with Gasteiger partial charge in [-0.2, -0.15) is 10.2 Å². The molecule has 0 spiro atoms. The average Bonchev–Trinajstić information content (AvgIpc) is 2.75. The summed E-state index contributed by atoms with van der Waals surface area (Å²) < 4.78 is 0. The quantitative estimate of drug-likeness (QED) is 0.516. The first kappa shape index (κ1) is 18.7. The van der Waals surface area contributed by atoms with Gasteiger partial charge in [0.05, 0.1) is 12.4 Å². The third-order valence-corrected chi connectivity index (χ3v) is 3.75. The van der Waals surface area contributed by atoms with Crippen LogP contribution >= 0.6 is 0 Å². The van der Waals surface area contributed by atoms with Crippen LogP contribution in [0.3, 0.4) is 0 Å². The minimum Gasteiger partial charge on any atom is -0.267 e. The number of hydrogen-bond acceptors (Lipinski definition) is 4. The predicted octanol–water partition coefficient (Wildman–Crippen LogP) is 3.21. The van der Waals surface area contributed by atoms with Crippen molar-refractivity contribution in [3.8, 4) is 0 Å². The standard InChI is InChI=1S/C22H18N4O2/c27-21(25-23-15-17-8-3-1-4-9-17)19-12-7-13-20(14-19)22(28)26-24-16-18-10-5-2-6-11-18/h1-16H,(H,25,27)(H,26,28). The van der Waals surface area contributed by atoms with Crippen LogP contribution in [0.1, 0.15) is 31.8 Å². The molecular weight excluding hydrogens is 352 g/mol. The predicted molar refractivity (Wildman–Crippen MR) is 109 cm³/mol. The van der Waals surface area contributed by atoms with Crippen molar-refractivity contribution in [1.82, 2.24) is 10.9 Å². The van der Waals surface area contributed by atoms with Gasteiger partial charge >= 0.3 is 0 Å². The van der Waals surface area contributed by atoms with Gasteiger partial charge in [0, 0.05) is 11.1 Å². The van der Waals surface area contributed by atoms with Crippen LogP contribution in [0.15, 0.2) is 95.1 Å². The number of rotatable bonds is 6. The van der Waals surface area contributed by atoms with Gasteiger partial charge in [0.1, 0.15) is 0 Å². The van der Waals surface area contributed by atoms with Gasteiger partial charge in [0.2, 0.25) is 0 Å². The summed E-state index contributed by atoms with van der Waals surface area (Å²) in [5, 5.41) is 7.85. The van der Waals surface area contributed by atoms with Crippen LogP contribution in [0.25, 0.3) is 0 Å². The van der Waals surface area contributed by atoms with Crippen LogP contribution in [-0.2, 0) is 0 Å². The highest BCUT2D eigenvalue weighted by Gasteiger charge is 2.09. The maximum absolute atomic E-state index is 12.2. The zero-order valence-corrected chi connectivity index (χ0v) is 14.9. The summed E-state index contributed by atoms with van der Waals surface area (Å²) in [7, 11) is 0. The van der Waals surface area contributed by atoms with Crippen molar-refractivity contribution in [3.63, 3.8) is 0 Å². The van der Waals surface area contributed by atoms with E-state index in [9.17, 15) is 9.59 Å². The maximum Gasteiger partial charge on any atom is 0.271 e. The molecule has 0 unspecified atom stereocenters. The second-order valence-corrected chi connectivity index (χ2v) is 5.80. The molecular formula is C22H18N4O2. The molecule has 0 aliphatic rings. The SMILES string of the molecule is O=C(NN=Cc1ccccc1)c1cccc(C(=O)NN=Cc2ccccc2)c1. The summed E-state index contributed by atoms with van der Waals surface area (Å²) in [6.07, 6.45) is 3.10. The summed E-state index contributed by atoms with van der Waals surface area (Å²) >= 11 is 0. The molecule has 0 aliphatic heterocycles. The Hall–Kier alpha value is -4.06. The third-order valence-electron chi connectivity index (χ3n) is 3.75. The first-order valence-corrected chi connectivity index (χ1v) is 8.59. The monoisotopic (exact) mass is 370 g/mol. The largest absolute Gasteiger partial charge is 0.271 e. The van der Waals surface area contributed by atoms with Gasteiger partial charge in [-0.3, -0.25) is 9.59 Å². The number of carbonyl (C=O) groups excluding carboxylic acids is 2. The second-order valence-electron chi connectivity index (χ2n) is 5.80. The van der Waals surface area contributed by atoms with E-state index in [-0.39, 0.29) is 0 Å². The lowest BCUT2D eigenvalue weighted by atomic mass is 10.1. The van der Waals surface area contributed by atoms with Crippen molar-refractivity contribution in [1.29, 1.82) is 0 Å². The van der Waals surface area contributed by atoms with Crippen LogP contribution in [0.5, 0.6) is 0 Å². The van der Waals surface area contributed by atoms with Crippen LogP contribution in [0.4, 0.5) is 0 Å². The lowest BCUT2D eigenvalue weighted by Gasteiger charge is -2.03. The minimum absolute atomic E-state index is 0.324. The molecule has 6 heteroatoms. The topological polar surface area (TPSA) is 82.9 Å². The zero-order valence-electron chi connectivity index (χ0n) is 14.9. The smallest absolute Gasteiger partial charge is 0.267 e. The highest BCUT2D eigenvalue weighted by molar-refractivity contribution is 6.00. The van der Waals surface area contributed by atoms with E-state index in [1.807, 2.05) is 60.7 Å². The first-order chi connectivity index (χ1) is 13.7. The lowest BCUT2D eigenvalue weighted by molar-refractivity contribution is 0.0954. The number of nitrogens with zero attached hydrogens (tertiary/aromatic N) is 2. The van der Waals surface area contributed by atoms with Gasteiger partial charge in [0.25, 0.3) is 11.8 Å². The summed E-state index contributed by atoms with van der Waals surface area (Å²) in [6, 6.07) is 25.1. The summed E-state index contributed by atoms with van der Waals surface area (Å²) in [5.74, 6) is -0.816. The maximum atomic E-state index is 12.2. The number of benzene rings is 3. The molecule has 0 aromatic heterocycles. The number of amides is 2. The highest BCUT2D eigenvalue weighted by atomic mass is 16.2. The van der Waals surface area contributed by atoms with Crippen molar-refractivity contribution in [2.24, 2.45) is 10.2 Å². The molecule has 2 amide bonds. The average molecular weight is 370 g/mol. The van der Waals surface area contributed by atoms with E-state index in [1.165, 1.54) is 6.07 Å². The van der Waals surface area contributed by atoms with E-state index in [1.54, 1.807) is 30.6 Å². The molecule has 0 radical (unpaired) electrons. The molecule has 138 valence electrons. The molecule has 0 saturated carbocycles. The Bertz CT molecular complexity index is 921. The van der Waals surface area contributed by atoms with Gasteiger partial charge in [-0.1, -0.05) is 66.7 Å². The zero-order chi connectivity index (χ0) is 19.6. The Labute approximate surface area is 162 Å². The summed E-state index contributed by atoms with van der Waals surface area (Å²) in [4.78, 5) is 24.4. The van der Waals surface area contributed by atoms with Gasteiger partial charge in [-0.05, 0) is 29.3 Å². The Morgan fingerprint density at radius 3 is 1.46 bits per heavy atom. The molecule has 6 nitrogen and oxygen atoms in total. The van der Waals surface area contributed by atoms with Gasteiger partial charge in [-0.15, -0.1) is 0 Å². The van der Waals surface area contributed by atoms with Crippen LogP contribution in [-0.4, -0.2) is 24.2 Å². The lowest BCUT2D eigenvalue weighted by Crippen LogP contribution is -2.20. The van der Waals surface area contributed by atoms with Crippen LogP contribution < -0.4 is 10.9 Å². The van der Waals surface area contributed by atoms with Crippen molar-refractivity contribution >= 4 is 24.2 Å². The Balaban J connectivity index is 1.59. The number of nitrogens with one attached hydrogen (secondary N) is 2. The molecule has 3 rings (SSSR count). The molecule has 0 aliphatic carbocycles. The minimum atomic E-state index is -0.408. The van der Waals surface area contributed by atoms with Gasteiger partial charge in [-0.25, -0.2) is 10.9 Å².